The van der Waals surface area contributed by atoms with Gasteiger partial charge in [0.15, 0.2) is 11.2 Å². The van der Waals surface area contributed by atoms with Crippen LogP contribution in [0.2, 0.25) is 0 Å². The zero-order chi connectivity index (χ0) is 48.1. The van der Waals surface area contributed by atoms with Gasteiger partial charge in [-0.2, -0.15) is 0 Å². The first-order chi connectivity index (χ1) is 32.5. The summed E-state index contributed by atoms with van der Waals surface area (Å²) in [6.45, 7) is 22.4. The molecule has 0 N–H and O–H groups in total. The van der Waals surface area contributed by atoms with Gasteiger partial charge in [0.25, 0.3) is 0 Å². The van der Waals surface area contributed by atoms with Crippen LogP contribution < -0.4 is 9.80 Å². The lowest BCUT2D eigenvalue weighted by atomic mass is 9.86. The molecule has 0 aliphatic heterocycles. The van der Waals surface area contributed by atoms with E-state index in [4.69, 9.17) is 8.83 Å². The van der Waals surface area contributed by atoms with Crippen LogP contribution in [-0.2, 0) is 10.8 Å². The summed E-state index contributed by atoms with van der Waals surface area (Å²) in [5.41, 5.74) is 15.3. The molecule has 0 radical (unpaired) electrons. The van der Waals surface area contributed by atoms with Crippen molar-refractivity contribution in [3.8, 4) is 0 Å². The maximum atomic E-state index is 6.83. The number of nitrogens with zero attached hydrogens (tertiary/aromatic N) is 2. The summed E-state index contributed by atoms with van der Waals surface area (Å²) in [5, 5.41) is 4.51. The van der Waals surface area contributed by atoms with Crippen LogP contribution in [0, 0.1) is 0 Å². The maximum absolute atomic E-state index is 6.83. The second kappa shape index (κ2) is 18.8. The maximum Gasteiger partial charge on any atom is 0.160 e. The van der Waals surface area contributed by atoms with Gasteiger partial charge in [0.1, 0.15) is 11.2 Å². The van der Waals surface area contributed by atoms with Crippen LogP contribution >= 0.6 is 31.9 Å². The van der Waals surface area contributed by atoms with E-state index in [1.54, 1.807) is 0 Å². The van der Waals surface area contributed by atoms with Crippen LogP contribution in [0.4, 0.5) is 34.1 Å². The number of para-hydroxylation sites is 6. The van der Waals surface area contributed by atoms with Crippen LogP contribution in [0.25, 0.3) is 43.9 Å². The number of fused-ring (bicyclic) bond motifs is 6. The molecule has 4 nitrogen and oxygen atoms in total. The molecule has 0 fully saturated rings. The van der Waals surface area contributed by atoms with Crippen molar-refractivity contribution in [2.75, 3.05) is 9.80 Å². The molecule has 0 saturated carbocycles. The van der Waals surface area contributed by atoms with E-state index in [0.717, 1.165) is 75.9 Å². The van der Waals surface area contributed by atoms with Crippen molar-refractivity contribution in [2.24, 2.45) is 0 Å². The molecule has 0 aliphatic carbocycles. The molecule has 0 unspecified atom stereocenters. The molecule has 0 atom stereocenters. The van der Waals surface area contributed by atoms with Crippen LogP contribution in [0.5, 0.6) is 0 Å². The third-order valence-corrected chi connectivity index (χ3v) is 14.2. The average molecular weight is 1020 g/mol. The average Bonchev–Trinajstić information content (AvgIpc) is 3.92. The van der Waals surface area contributed by atoms with E-state index < -0.39 is 0 Å². The highest BCUT2D eigenvalue weighted by Crippen LogP contribution is 2.50. The lowest BCUT2D eigenvalue weighted by molar-refractivity contribution is 0.572. The molecule has 0 amide bonds. The summed E-state index contributed by atoms with van der Waals surface area (Å²) < 4.78 is 15.6. The van der Waals surface area contributed by atoms with Gasteiger partial charge in [-0.3, -0.25) is 0 Å². The fraction of sp³-hybridized carbons (Fsp3) is 0.226. The zero-order valence-corrected chi connectivity index (χ0v) is 44.0. The smallest absolute Gasteiger partial charge is 0.160 e. The minimum absolute atomic E-state index is 0.00307. The van der Waals surface area contributed by atoms with E-state index in [1.807, 2.05) is 0 Å². The zero-order valence-electron chi connectivity index (χ0n) is 40.8. The van der Waals surface area contributed by atoms with Crippen molar-refractivity contribution in [1.29, 1.82) is 0 Å². The summed E-state index contributed by atoms with van der Waals surface area (Å²) in [5.74, 6) is 0.774. The fourth-order valence-corrected chi connectivity index (χ4v) is 10.6. The second-order valence-corrected chi connectivity index (χ2v) is 22.1. The molecule has 0 spiro atoms. The quantitative estimate of drug-likeness (QED) is 0.152. The third-order valence-electron chi connectivity index (χ3n) is 12.9. The molecule has 0 saturated heterocycles. The third kappa shape index (κ3) is 8.78. The Hall–Kier alpha value is -6.08. The van der Waals surface area contributed by atoms with Crippen LogP contribution in [-0.4, -0.2) is 0 Å². The van der Waals surface area contributed by atoms with Gasteiger partial charge in [0.05, 0.1) is 11.4 Å². The molecule has 10 aromatic rings. The Bertz CT molecular complexity index is 3410. The van der Waals surface area contributed by atoms with E-state index in [1.165, 1.54) is 33.3 Å². The number of hydrogen-bond donors (Lipinski definition) is 0. The van der Waals surface area contributed by atoms with Gasteiger partial charge in [-0.25, -0.2) is 0 Å². The summed E-state index contributed by atoms with van der Waals surface area (Å²) in [6.07, 6.45) is 0. The predicted molar refractivity (Wildman–Crippen MR) is 298 cm³/mol. The molecular weight excluding hydrogens is 965 g/mol. The largest absolute Gasteiger partial charge is 0.454 e. The van der Waals surface area contributed by atoms with Gasteiger partial charge >= 0.3 is 0 Å². The Balaban J connectivity index is 0.000000170. The molecule has 2 heterocycles. The Morgan fingerprint density at radius 2 is 0.765 bits per heavy atom. The molecule has 68 heavy (non-hydrogen) atoms. The van der Waals surface area contributed by atoms with Gasteiger partial charge in [0, 0.05) is 64.4 Å². The summed E-state index contributed by atoms with van der Waals surface area (Å²) in [7, 11) is 0. The lowest BCUT2D eigenvalue weighted by Gasteiger charge is -2.28. The first kappa shape index (κ1) is 47.0. The van der Waals surface area contributed by atoms with Gasteiger partial charge in [-0.15, -0.1) is 0 Å². The number of halogens is 2. The van der Waals surface area contributed by atoms with Gasteiger partial charge in [0.2, 0.25) is 0 Å². The molecule has 2 aromatic heterocycles. The molecule has 6 heteroatoms. The van der Waals surface area contributed by atoms with E-state index >= 15 is 0 Å². The molecule has 0 bridgehead atoms. The van der Waals surface area contributed by atoms with Crippen LogP contribution in [0.3, 0.4) is 0 Å². The van der Waals surface area contributed by atoms with Gasteiger partial charge in [-0.1, -0.05) is 210 Å². The highest BCUT2D eigenvalue weighted by Gasteiger charge is 2.28. The standard InChI is InChI=1S/C31H29Br2NO.C31H31NO/c1-19(2)21-13-9-10-14-25(21)34(20-11-7-6-8-12-20)26-18-17-24(33)28-27-23(32)16-15-22(31(3,4)5)29(27)35-30(26)28;1-21(2)23-15-9-10-19-27(23)32(22-13-7-6-8-14-22)28-20-12-17-25-24-16-11-18-26(31(3,4)5)29(24)33-30(25)28/h6-19H,1-5H3;6-21H,1-5H3. The highest BCUT2D eigenvalue weighted by atomic mass is 79.9. The Labute approximate surface area is 418 Å². The van der Waals surface area contributed by atoms with Crippen LogP contribution in [0.1, 0.15) is 103 Å². The van der Waals surface area contributed by atoms with Gasteiger partial charge in [-0.05, 0) is 94.5 Å². The highest BCUT2D eigenvalue weighted by molar-refractivity contribution is 9.11. The number of furan rings is 2. The minimum Gasteiger partial charge on any atom is -0.454 e. The monoisotopic (exact) mass is 1020 g/mol. The number of anilines is 6. The second-order valence-electron chi connectivity index (χ2n) is 20.4. The Morgan fingerprint density at radius 1 is 0.368 bits per heavy atom. The van der Waals surface area contributed by atoms with E-state index in [0.29, 0.717) is 11.8 Å². The van der Waals surface area contributed by atoms with E-state index in [9.17, 15) is 0 Å². The van der Waals surface area contributed by atoms with Crippen molar-refractivity contribution in [3.63, 3.8) is 0 Å². The topological polar surface area (TPSA) is 32.8 Å². The molecule has 344 valence electrons. The normalized spacial score (nSPS) is 12.1. The van der Waals surface area contributed by atoms with Crippen molar-refractivity contribution >= 4 is 110 Å². The van der Waals surface area contributed by atoms with Crippen molar-refractivity contribution in [1.82, 2.24) is 0 Å². The Kier molecular flexibility index (Phi) is 13.0. The van der Waals surface area contributed by atoms with Gasteiger partial charge < -0.3 is 18.6 Å². The number of benzene rings is 8. The molecular formula is C62H60Br2N2O2. The van der Waals surface area contributed by atoms with Crippen molar-refractivity contribution in [2.45, 2.75) is 91.9 Å². The van der Waals surface area contributed by atoms with Crippen molar-refractivity contribution in [3.05, 3.63) is 201 Å². The minimum atomic E-state index is -0.0528. The van der Waals surface area contributed by atoms with E-state index in [2.05, 4.69) is 281 Å². The SMILES string of the molecule is CC(C)c1ccccc1N(c1ccccc1)c1ccc(Br)c2c1oc1c(C(C)(C)C)ccc(Br)c12.CC(C)c1ccccc1N(c1ccccc1)c1cccc2c1oc1c(C(C)(C)C)cccc12. The number of hydrogen-bond acceptors (Lipinski definition) is 4. The first-order valence-corrected chi connectivity index (χ1v) is 25.3. The summed E-state index contributed by atoms with van der Waals surface area (Å²) >= 11 is 7.66. The first-order valence-electron chi connectivity index (χ1n) is 23.7. The molecule has 8 aromatic carbocycles. The van der Waals surface area contributed by atoms with Crippen LogP contribution in [0.15, 0.2) is 188 Å². The fourth-order valence-electron chi connectivity index (χ4n) is 9.55. The van der Waals surface area contributed by atoms with E-state index in [-0.39, 0.29) is 10.8 Å². The predicted octanol–water partition coefficient (Wildman–Crippen LogP) is 20.5. The Morgan fingerprint density at radius 3 is 1.28 bits per heavy atom. The summed E-state index contributed by atoms with van der Waals surface area (Å²) in [6, 6.07) is 60.1. The summed E-state index contributed by atoms with van der Waals surface area (Å²) in [4.78, 5) is 4.67. The van der Waals surface area contributed by atoms with Crippen molar-refractivity contribution < 1.29 is 8.83 Å². The molecule has 0 aliphatic rings. The lowest BCUT2D eigenvalue weighted by Crippen LogP contribution is -2.13. The molecule has 10 rings (SSSR count). The number of rotatable bonds is 8.